The number of benzene rings is 1. The van der Waals surface area contributed by atoms with Crippen molar-refractivity contribution in [3.05, 3.63) is 29.8 Å². The number of alkyl halides is 3. The highest BCUT2D eigenvalue weighted by Gasteiger charge is 2.45. The van der Waals surface area contributed by atoms with Crippen molar-refractivity contribution in [1.29, 1.82) is 0 Å². The topological polar surface area (TPSA) is 38.7 Å². The van der Waals surface area contributed by atoms with Crippen molar-refractivity contribution in [3.63, 3.8) is 0 Å². The summed E-state index contributed by atoms with van der Waals surface area (Å²) >= 11 is 0. The molecule has 0 radical (unpaired) electrons. The van der Waals surface area contributed by atoms with Crippen LogP contribution in [0.4, 0.5) is 13.2 Å². The molecule has 0 aliphatic heterocycles. The van der Waals surface area contributed by atoms with Gasteiger partial charge in [-0.3, -0.25) is 0 Å². The maximum absolute atomic E-state index is 12.2. The van der Waals surface area contributed by atoms with Gasteiger partial charge >= 0.3 is 6.36 Å². The van der Waals surface area contributed by atoms with Crippen LogP contribution in [0.2, 0.25) is 0 Å². The third kappa shape index (κ3) is 3.39. The van der Waals surface area contributed by atoms with Gasteiger partial charge in [-0.1, -0.05) is 12.1 Å². The minimum atomic E-state index is -4.74. The van der Waals surface area contributed by atoms with Crippen LogP contribution >= 0.6 is 0 Å². The number of rotatable bonds is 5. The first kappa shape index (κ1) is 14.1. The summed E-state index contributed by atoms with van der Waals surface area (Å²) in [6, 6.07) is 5.43. The zero-order chi connectivity index (χ0) is 14.1. The van der Waals surface area contributed by atoms with Crippen molar-refractivity contribution in [3.8, 4) is 5.75 Å². The summed E-state index contributed by atoms with van der Waals surface area (Å²) < 4.78 is 45.4. The Morgan fingerprint density at radius 1 is 1.32 bits per heavy atom. The van der Waals surface area contributed by atoms with Gasteiger partial charge in [0.25, 0.3) is 0 Å². The third-order valence-corrected chi connectivity index (χ3v) is 3.18. The lowest BCUT2D eigenvalue weighted by atomic mass is 9.89. The predicted molar refractivity (Wildman–Crippen MR) is 61.6 cm³/mol. The lowest BCUT2D eigenvalue weighted by molar-refractivity contribution is -0.274. The molecule has 106 valence electrons. The Morgan fingerprint density at radius 2 is 2.00 bits per heavy atom. The largest absolute Gasteiger partial charge is 0.573 e. The van der Waals surface area contributed by atoms with Gasteiger partial charge in [-0.05, 0) is 36.5 Å². The molecule has 3 nitrogen and oxygen atoms in total. The highest BCUT2D eigenvalue weighted by molar-refractivity contribution is 5.34. The van der Waals surface area contributed by atoms with E-state index in [0.717, 1.165) is 12.8 Å². The van der Waals surface area contributed by atoms with E-state index in [2.05, 4.69) is 4.74 Å². The van der Waals surface area contributed by atoms with Crippen molar-refractivity contribution in [2.45, 2.75) is 24.8 Å². The SMILES string of the molecule is COCC(O)(c1cccc(OC(F)(F)F)c1)C1CC1. The van der Waals surface area contributed by atoms with Gasteiger partial charge in [0.05, 0.1) is 6.61 Å². The van der Waals surface area contributed by atoms with E-state index in [-0.39, 0.29) is 18.3 Å². The summed E-state index contributed by atoms with van der Waals surface area (Å²) in [7, 11) is 1.45. The van der Waals surface area contributed by atoms with Crippen molar-refractivity contribution in [2.24, 2.45) is 5.92 Å². The van der Waals surface area contributed by atoms with Gasteiger partial charge in [0, 0.05) is 7.11 Å². The minimum Gasteiger partial charge on any atom is -0.406 e. The molecule has 0 amide bonds. The van der Waals surface area contributed by atoms with Crippen LogP contribution in [-0.4, -0.2) is 25.2 Å². The van der Waals surface area contributed by atoms with E-state index in [1.807, 2.05) is 0 Å². The smallest absolute Gasteiger partial charge is 0.406 e. The quantitative estimate of drug-likeness (QED) is 0.898. The summed E-state index contributed by atoms with van der Waals surface area (Å²) in [5, 5.41) is 10.6. The number of ether oxygens (including phenoxy) is 2. The first-order chi connectivity index (χ1) is 8.85. The van der Waals surface area contributed by atoms with Crippen molar-refractivity contribution >= 4 is 0 Å². The van der Waals surface area contributed by atoms with Crippen LogP contribution in [0.25, 0.3) is 0 Å². The molecule has 0 aromatic heterocycles. The molecular formula is C13H15F3O3. The van der Waals surface area contributed by atoms with Crippen molar-refractivity contribution < 1.29 is 27.8 Å². The Labute approximate surface area is 108 Å². The summed E-state index contributed by atoms with van der Waals surface area (Å²) in [6.07, 6.45) is -3.06. The highest BCUT2D eigenvalue weighted by atomic mass is 19.4. The molecule has 1 atom stereocenters. The number of hydrogen-bond donors (Lipinski definition) is 1. The summed E-state index contributed by atoms with van der Waals surface area (Å²) in [5.74, 6) is -0.311. The van der Waals surface area contributed by atoms with E-state index in [1.165, 1.54) is 25.3 Å². The second-order valence-electron chi connectivity index (χ2n) is 4.71. The van der Waals surface area contributed by atoms with Gasteiger partial charge in [-0.15, -0.1) is 13.2 Å². The van der Waals surface area contributed by atoms with E-state index < -0.39 is 12.0 Å². The maximum atomic E-state index is 12.2. The monoisotopic (exact) mass is 276 g/mol. The average Bonchev–Trinajstić information content (AvgIpc) is 3.11. The molecule has 0 spiro atoms. The van der Waals surface area contributed by atoms with Gasteiger partial charge in [0.15, 0.2) is 0 Å². The fourth-order valence-electron chi connectivity index (χ4n) is 2.18. The van der Waals surface area contributed by atoms with Crippen molar-refractivity contribution in [2.75, 3.05) is 13.7 Å². The minimum absolute atomic E-state index is 0.0218. The van der Waals surface area contributed by atoms with E-state index in [4.69, 9.17) is 4.74 Å². The van der Waals surface area contributed by atoms with E-state index in [1.54, 1.807) is 6.07 Å². The second kappa shape index (κ2) is 5.02. The molecule has 0 heterocycles. The molecular weight excluding hydrogens is 261 g/mol. The summed E-state index contributed by atoms with van der Waals surface area (Å²) in [4.78, 5) is 0. The first-order valence-corrected chi connectivity index (χ1v) is 5.93. The maximum Gasteiger partial charge on any atom is 0.573 e. The molecule has 6 heteroatoms. The number of aliphatic hydroxyl groups is 1. The molecule has 2 rings (SSSR count). The average molecular weight is 276 g/mol. The van der Waals surface area contributed by atoms with Crippen LogP contribution in [0.1, 0.15) is 18.4 Å². The Bertz CT molecular complexity index is 443. The summed E-state index contributed by atoms with van der Waals surface area (Å²) in [6.45, 7) is 0.0487. The van der Waals surface area contributed by atoms with Crippen LogP contribution in [0.3, 0.4) is 0 Å². The van der Waals surface area contributed by atoms with Gasteiger partial charge in [-0.25, -0.2) is 0 Å². The Hall–Kier alpha value is -1.27. The predicted octanol–water partition coefficient (Wildman–Crippen LogP) is 2.83. The molecule has 1 aliphatic rings. The van der Waals surface area contributed by atoms with Crippen LogP contribution in [-0.2, 0) is 10.3 Å². The van der Waals surface area contributed by atoms with Gasteiger partial charge < -0.3 is 14.6 Å². The first-order valence-electron chi connectivity index (χ1n) is 5.93. The number of halogens is 3. The van der Waals surface area contributed by atoms with E-state index in [9.17, 15) is 18.3 Å². The fraction of sp³-hybridized carbons (Fsp3) is 0.538. The molecule has 1 aromatic rings. The zero-order valence-electron chi connectivity index (χ0n) is 10.4. The second-order valence-corrected chi connectivity index (χ2v) is 4.71. The van der Waals surface area contributed by atoms with Gasteiger partial charge in [0.1, 0.15) is 11.4 Å². The fourth-order valence-corrected chi connectivity index (χ4v) is 2.18. The number of hydrogen-bond acceptors (Lipinski definition) is 3. The standard InChI is InChI=1S/C13H15F3O3/c1-18-8-12(17,9-5-6-9)10-3-2-4-11(7-10)19-13(14,15)16/h2-4,7,9,17H,5-6,8H2,1H3. The third-order valence-electron chi connectivity index (χ3n) is 3.18. The Kier molecular flexibility index (Phi) is 3.73. The molecule has 1 aliphatic carbocycles. The Balaban J connectivity index is 2.26. The molecule has 1 N–H and O–H groups in total. The van der Waals surface area contributed by atoms with Gasteiger partial charge in [0.2, 0.25) is 0 Å². The molecule has 0 bridgehead atoms. The lowest BCUT2D eigenvalue weighted by Crippen LogP contribution is -2.33. The van der Waals surface area contributed by atoms with Crippen molar-refractivity contribution in [1.82, 2.24) is 0 Å². The van der Waals surface area contributed by atoms with Gasteiger partial charge in [-0.2, -0.15) is 0 Å². The molecule has 1 unspecified atom stereocenters. The zero-order valence-corrected chi connectivity index (χ0v) is 10.4. The van der Waals surface area contributed by atoms with Crippen LogP contribution in [0, 0.1) is 5.92 Å². The van der Waals surface area contributed by atoms with Crippen LogP contribution in [0.15, 0.2) is 24.3 Å². The normalized spacial score (nSPS) is 19.0. The molecule has 19 heavy (non-hydrogen) atoms. The molecule has 1 aromatic carbocycles. The highest BCUT2D eigenvalue weighted by Crippen LogP contribution is 2.46. The van der Waals surface area contributed by atoms with Crippen LogP contribution in [0.5, 0.6) is 5.75 Å². The van der Waals surface area contributed by atoms with Crippen LogP contribution < -0.4 is 4.74 Å². The molecule has 1 saturated carbocycles. The van der Waals surface area contributed by atoms with E-state index in [0.29, 0.717) is 5.56 Å². The number of methoxy groups -OCH3 is 1. The molecule has 0 saturated heterocycles. The summed E-state index contributed by atoms with van der Waals surface area (Å²) in [5.41, 5.74) is -0.863. The lowest BCUT2D eigenvalue weighted by Gasteiger charge is -2.28. The Morgan fingerprint density at radius 3 is 2.53 bits per heavy atom. The van der Waals surface area contributed by atoms with E-state index >= 15 is 0 Å². The molecule has 1 fully saturated rings.